The van der Waals surface area contributed by atoms with E-state index in [2.05, 4.69) is 0 Å². The number of ether oxygens (including phenoxy) is 1. The van der Waals surface area contributed by atoms with Crippen LogP contribution in [0.15, 0.2) is 29.2 Å². The maximum Gasteiger partial charge on any atom is 0.344 e. The molecule has 0 aromatic heterocycles. The number of benzene rings is 1. The van der Waals surface area contributed by atoms with Gasteiger partial charge in [0, 0.05) is 5.56 Å². The Morgan fingerprint density at radius 1 is 1.29 bits per heavy atom. The van der Waals surface area contributed by atoms with Crippen molar-refractivity contribution >= 4 is 51.9 Å². The second-order valence-electron chi connectivity index (χ2n) is 4.25. The highest BCUT2D eigenvalue weighted by Crippen LogP contribution is 2.41. The highest BCUT2D eigenvalue weighted by atomic mass is 32.2. The van der Waals surface area contributed by atoms with Gasteiger partial charge in [-0.25, -0.2) is 4.79 Å². The van der Waals surface area contributed by atoms with Crippen molar-refractivity contribution in [1.82, 2.24) is 4.90 Å². The Balaban J connectivity index is 2.06. The molecular weight excluding hydrogens is 314 g/mol. The minimum Gasteiger partial charge on any atom is -0.480 e. The first kappa shape index (κ1) is 13.8. The number of fused-ring (bicyclic) bond motifs is 1. The first-order chi connectivity index (χ1) is 9.99. The normalized spacial score (nSPS) is 20.8. The molecule has 0 atom stereocenters. The highest BCUT2D eigenvalue weighted by Gasteiger charge is 2.40. The van der Waals surface area contributed by atoms with E-state index in [-0.39, 0.29) is 15.0 Å². The molecular formula is C13H7NO5S2. The van der Waals surface area contributed by atoms with E-state index in [9.17, 15) is 14.4 Å². The number of thioether (sulfide) groups is 1. The van der Waals surface area contributed by atoms with E-state index >= 15 is 0 Å². The van der Waals surface area contributed by atoms with Crippen molar-refractivity contribution in [2.24, 2.45) is 0 Å². The molecule has 8 heteroatoms. The second kappa shape index (κ2) is 4.97. The molecule has 0 spiro atoms. The van der Waals surface area contributed by atoms with Gasteiger partial charge in [-0.15, -0.1) is 0 Å². The Hall–Kier alpha value is -2.19. The number of aliphatic carboxylic acids is 1. The highest BCUT2D eigenvalue weighted by molar-refractivity contribution is 8.26. The minimum absolute atomic E-state index is 0.130. The summed E-state index contributed by atoms with van der Waals surface area (Å²) < 4.78 is 5.28. The van der Waals surface area contributed by atoms with E-state index in [0.29, 0.717) is 11.1 Å². The van der Waals surface area contributed by atoms with Crippen LogP contribution in [0.1, 0.15) is 15.9 Å². The number of cyclic esters (lactones) is 1. The van der Waals surface area contributed by atoms with Gasteiger partial charge in [0.15, 0.2) is 5.76 Å². The molecule has 3 rings (SSSR count). The van der Waals surface area contributed by atoms with Crippen molar-refractivity contribution in [3.8, 4) is 0 Å². The van der Waals surface area contributed by atoms with Gasteiger partial charge in [0.2, 0.25) is 0 Å². The van der Waals surface area contributed by atoms with Gasteiger partial charge in [-0.05, 0) is 6.07 Å². The fourth-order valence-electron chi connectivity index (χ4n) is 2.04. The third-order valence-corrected chi connectivity index (χ3v) is 4.36. The van der Waals surface area contributed by atoms with Crippen molar-refractivity contribution in [1.29, 1.82) is 0 Å². The Kier molecular flexibility index (Phi) is 3.26. The number of nitrogens with zero attached hydrogens (tertiary/aromatic N) is 1. The molecule has 0 unspecified atom stereocenters. The number of carbonyl (C=O) groups is 3. The van der Waals surface area contributed by atoms with Crippen LogP contribution >= 0.6 is 24.0 Å². The number of esters is 1. The molecule has 1 aromatic rings. The van der Waals surface area contributed by atoms with Crippen molar-refractivity contribution in [2.75, 3.05) is 6.54 Å². The SMILES string of the molecule is O=C(O)CN1C(=O)C(=C2OC(=O)c3ccccc32)SC1=S. The van der Waals surface area contributed by atoms with Crippen LogP contribution in [0.5, 0.6) is 0 Å². The Morgan fingerprint density at radius 2 is 1.95 bits per heavy atom. The number of carboxylic acids is 1. The molecule has 1 N–H and O–H groups in total. The first-order valence-corrected chi connectivity index (χ1v) is 7.03. The summed E-state index contributed by atoms with van der Waals surface area (Å²) in [5, 5.41) is 8.80. The van der Waals surface area contributed by atoms with Crippen LogP contribution in [0, 0.1) is 0 Å². The molecule has 1 saturated heterocycles. The molecule has 2 aliphatic rings. The zero-order valence-corrected chi connectivity index (χ0v) is 12.0. The van der Waals surface area contributed by atoms with E-state index in [4.69, 9.17) is 22.1 Å². The standard InChI is InChI=1S/C13H7NO5S2/c15-8(16)5-14-11(17)10(21-13(14)20)9-6-3-1-2-4-7(6)12(18)19-9/h1-4H,5H2,(H,15,16). The zero-order chi connectivity index (χ0) is 15.1. The molecule has 1 aromatic carbocycles. The van der Waals surface area contributed by atoms with E-state index in [0.717, 1.165) is 16.7 Å². The summed E-state index contributed by atoms with van der Waals surface area (Å²) >= 11 is 5.94. The minimum atomic E-state index is -1.17. The topological polar surface area (TPSA) is 83.9 Å². The zero-order valence-electron chi connectivity index (χ0n) is 10.4. The fraction of sp³-hybridized carbons (Fsp3) is 0.0769. The van der Waals surface area contributed by atoms with E-state index in [1.165, 1.54) is 0 Å². The predicted octanol–water partition coefficient (Wildman–Crippen LogP) is 1.47. The average Bonchev–Trinajstić information content (AvgIpc) is 2.91. The smallest absolute Gasteiger partial charge is 0.344 e. The fourth-order valence-corrected chi connectivity index (χ4v) is 3.31. The summed E-state index contributed by atoms with van der Waals surface area (Å²) in [5.41, 5.74) is 0.884. The summed E-state index contributed by atoms with van der Waals surface area (Å²) in [5.74, 6) is -2.13. The number of carbonyl (C=O) groups excluding carboxylic acids is 2. The monoisotopic (exact) mass is 321 g/mol. The summed E-state index contributed by atoms with van der Waals surface area (Å²) in [6, 6.07) is 6.68. The number of amides is 1. The van der Waals surface area contributed by atoms with Gasteiger partial charge in [-0.3, -0.25) is 14.5 Å². The molecule has 1 fully saturated rings. The van der Waals surface area contributed by atoms with Gasteiger partial charge in [-0.1, -0.05) is 42.2 Å². The summed E-state index contributed by atoms with van der Waals surface area (Å²) in [4.78, 5) is 35.9. The molecule has 0 bridgehead atoms. The number of carboxylic acid groups (broad SMARTS) is 1. The van der Waals surface area contributed by atoms with Crippen LogP contribution in [0.2, 0.25) is 0 Å². The quantitative estimate of drug-likeness (QED) is 0.501. The maximum absolute atomic E-state index is 12.3. The Morgan fingerprint density at radius 3 is 2.62 bits per heavy atom. The number of thiocarbonyl (C=S) groups is 1. The lowest BCUT2D eigenvalue weighted by atomic mass is 10.1. The lowest BCUT2D eigenvalue weighted by Gasteiger charge is -2.10. The number of rotatable bonds is 2. The molecule has 106 valence electrons. The average molecular weight is 321 g/mol. The van der Waals surface area contributed by atoms with Crippen LogP contribution in [-0.2, 0) is 14.3 Å². The predicted molar refractivity (Wildman–Crippen MR) is 78.3 cm³/mol. The molecule has 2 aliphatic heterocycles. The van der Waals surface area contributed by atoms with Crippen molar-refractivity contribution in [3.63, 3.8) is 0 Å². The van der Waals surface area contributed by atoms with Gasteiger partial charge in [0.1, 0.15) is 15.8 Å². The first-order valence-electron chi connectivity index (χ1n) is 5.80. The summed E-state index contributed by atoms with van der Waals surface area (Å²) in [6.07, 6.45) is 0. The van der Waals surface area contributed by atoms with Crippen molar-refractivity contribution in [3.05, 3.63) is 40.3 Å². The van der Waals surface area contributed by atoms with Crippen molar-refractivity contribution < 1.29 is 24.2 Å². The van der Waals surface area contributed by atoms with Gasteiger partial charge in [-0.2, -0.15) is 0 Å². The third kappa shape index (κ3) is 2.22. The third-order valence-electron chi connectivity index (χ3n) is 2.94. The Labute approximate surface area is 128 Å². The lowest BCUT2D eigenvalue weighted by molar-refractivity contribution is -0.140. The van der Waals surface area contributed by atoms with Gasteiger partial charge < -0.3 is 9.84 Å². The molecule has 0 radical (unpaired) electrons. The van der Waals surface area contributed by atoms with Crippen LogP contribution in [0.4, 0.5) is 0 Å². The van der Waals surface area contributed by atoms with Gasteiger partial charge >= 0.3 is 11.9 Å². The summed E-state index contributed by atoms with van der Waals surface area (Å²) in [6.45, 7) is -0.517. The largest absolute Gasteiger partial charge is 0.480 e. The van der Waals surface area contributed by atoms with Gasteiger partial charge in [0.25, 0.3) is 5.91 Å². The lowest BCUT2D eigenvalue weighted by Crippen LogP contribution is -2.33. The molecule has 2 heterocycles. The summed E-state index contributed by atoms with van der Waals surface area (Å²) in [7, 11) is 0. The van der Waals surface area contributed by atoms with Crippen LogP contribution < -0.4 is 0 Å². The maximum atomic E-state index is 12.3. The van der Waals surface area contributed by atoms with E-state index < -0.39 is 24.4 Å². The number of hydrogen-bond donors (Lipinski definition) is 1. The van der Waals surface area contributed by atoms with Crippen LogP contribution in [0.3, 0.4) is 0 Å². The second-order valence-corrected chi connectivity index (χ2v) is 5.89. The van der Waals surface area contributed by atoms with Crippen LogP contribution in [0.25, 0.3) is 5.76 Å². The Bertz CT molecular complexity index is 740. The van der Waals surface area contributed by atoms with Gasteiger partial charge in [0.05, 0.1) is 5.56 Å². The molecule has 0 saturated carbocycles. The van der Waals surface area contributed by atoms with E-state index in [1.54, 1.807) is 24.3 Å². The van der Waals surface area contributed by atoms with Crippen LogP contribution in [-0.4, -0.2) is 38.7 Å². The molecule has 21 heavy (non-hydrogen) atoms. The van der Waals surface area contributed by atoms with E-state index in [1.807, 2.05) is 0 Å². The number of hydrogen-bond acceptors (Lipinski definition) is 6. The molecule has 1 amide bonds. The van der Waals surface area contributed by atoms with Crippen molar-refractivity contribution in [2.45, 2.75) is 0 Å². The molecule has 0 aliphatic carbocycles. The molecule has 6 nitrogen and oxygen atoms in total.